The van der Waals surface area contributed by atoms with Crippen molar-refractivity contribution in [2.45, 2.75) is 19.9 Å². The van der Waals surface area contributed by atoms with Gasteiger partial charge in [0.15, 0.2) is 0 Å². The lowest BCUT2D eigenvalue weighted by molar-refractivity contribution is 0.268. The Labute approximate surface area is 89.7 Å². The number of hydrogen-bond donors (Lipinski definition) is 1. The summed E-state index contributed by atoms with van der Waals surface area (Å²) in [7, 11) is 0. The molecule has 0 unspecified atom stereocenters. The molecule has 2 rings (SSSR count). The van der Waals surface area contributed by atoms with Gasteiger partial charge in [-0.05, 0) is 36.2 Å². The van der Waals surface area contributed by atoms with Gasteiger partial charge in [-0.2, -0.15) is 0 Å². The van der Waals surface area contributed by atoms with Crippen molar-refractivity contribution < 1.29 is 0 Å². The highest BCUT2D eigenvalue weighted by Gasteiger charge is 2.17. The van der Waals surface area contributed by atoms with E-state index in [1.807, 2.05) is 12.1 Å². The van der Waals surface area contributed by atoms with E-state index in [1.54, 1.807) is 0 Å². The number of anilines is 1. The molecule has 1 aromatic carbocycles. The first-order valence-corrected chi connectivity index (χ1v) is 5.37. The highest BCUT2D eigenvalue weighted by molar-refractivity contribution is 6.31. The second-order valence-electron chi connectivity index (χ2n) is 3.75. The molecule has 0 radical (unpaired) electrons. The van der Waals surface area contributed by atoms with E-state index < -0.39 is 0 Å². The predicted molar refractivity (Wildman–Crippen MR) is 60.5 cm³/mol. The highest BCUT2D eigenvalue weighted by atomic mass is 35.5. The zero-order chi connectivity index (χ0) is 10.1. The Morgan fingerprint density at radius 1 is 1.50 bits per heavy atom. The molecule has 0 saturated carbocycles. The summed E-state index contributed by atoms with van der Waals surface area (Å²) < 4.78 is 0. The molecule has 1 aliphatic heterocycles. The number of hydrogen-bond acceptors (Lipinski definition) is 2. The van der Waals surface area contributed by atoms with Gasteiger partial charge in [0.1, 0.15) is 0 Å². The van der Waals surface area contributed by atoms with Crippen LogP contribution in [0.5, 0.6) is 0 Å². The molecule has 1 aliphatic rings. The third-order valence-corrected chi connectivity index (χ3v) is 3.08. The van der Waals surface area contributed by atoms with Crippen molar-refractivity contribution in [3.8, 4) is 0 Å². The van der Waals surface area contributed by atoms with Crippen molar-refractivity contribution in [1.82, 2.24) is 4.90 Å². The topological polar surface area (TPSA) is 29.3 Å². The number of nitrogens with zero attached hydrogens (tertiary/aromatic N) is 1. The number of halogens is 1. The van der Waals surface area contributed by atoms with Gasteiger partial charge in [0.2, 0.25) is 0 Å². The van der Waals surface area contributed by atoms with Crippen molar-refractivity contribution >= 4 is 17.3 Å². The molecule has 2 N–H and O–H groups in total. The first-order chi connectivity index (χ1) is 6.70. The fourth-order valence-electron chi connectivity index (χ4n) is 2.02. The predicted octanol–water partition coefficient (Wildman–Crippen LogP) is 2.30. The minimum Gasteiger partial charge on any atom is -0.398 e. The molecule has 0 saturated heterocycles. The SMILES string of the molecule is CCN1CCc2c(N)cc(Cl)cc2C1. The highest BCUT2D eigenvalue weighted by Crippen LogP contribution is 2.27. The van der Waals surface area contributed by atoms with Gasteiger partial charge in [-0.25, -0.2) is 0 Å². The van der Waals surface area contributed by atoms with Gasteiger partial charge in [0, 0.05) is 23.8 Å². The zero-order valence-electron chi connectivity index (χ0n) is 8.39. The first kappa shape index (κ1) is 9.81. The van der Waals surface area contributed by atoms with Crippen LogP contribution < -0.4 is 5.73 Å². The fourth-order valence-corrected chi connectivity index (χ4v) is 2.27. The number of rotatable bonds is 1. The Bertz CT molecular complexity index is 349. The summed E-state index contributed by atoms with van der Waals surface area (Å²) in [5.74, 6) is 0. The van der Waals surface area contributed by atoms with Crippen LogP contribution in [-0.4, -0.2) is 18.0 Å². The standard InChI is InChI=1S/C11H15ClN2/c1-2-14-4-3-10-8(7-14)5-9(12)6-11(10)13/h5-6H,2-4,7,13H2,1H3. The van der Waals surface area contributed by atoms with Crippen molar-refractivity contribution in [3.05, 3.63) is 28.3 Å². The average Bonchev–Trinajstić information content (AvgIpc) is 2.16. The largest absolute Gasteiger partial charge is 0.398 e. The van der Waals surface area contributed by atoms with Gasteiger partial charge in [-0.1, -0.05) is 18.5 Å². The first-order valence-electron chi connectivity index (χ1n) is 5.00. The van der Waals surface area contributed by atoms with Crippen molar-refractivity contribution in [3.63, 3.8) is 0 Å². The van der Waals surface area contributed by atoms with Crippen LogP contribution in [0.25, 0.3) is 0 Å². The number of likely N-dealkylation sites (N-methyl/N-ethyl adjacent to an activating group) is 1. The number of nitrogen functional groups attached to an aromatic ring is 1. The molecule has 0 spiro atoms. The molecular weight excluding hydrogens is 196 g/mol. The lowest BCUT2D eigenvalue weighted by atomic mass is 9.98. The third kappa shape index (κ3) is 1.72. The molecule has 3 heteroatoms. The van der Waals surface area contributed by atoms with Crippen molar-refractivity contribution in [2.75, 3.05) is 18.8 Å². The van der Waals surface area contributed by atoms with Crippen LogP contribution in [0.2, 0.25) is 5.02 Å². The third-order valence-electron chi connectivity index (χ3n) is 2.86. The Kier molecular flexibility index (Phi) is 2.66. The Morgan fingerprint density at radius 2 is 2.29 bits per heavy atom. The maximum Gasteiger partial charge on any atom is 0.0429 e. The summed E-state index contributed by atoms with van der Waals surface area (Å²) >= 11 is 5.97. The van der Waals surface area contributed by atoms with Crippen LogP contribution in [-0.2, 0) is 13.0 Å². The van der Waals surface area contributed by atoms with Gasteiger partial charge in [0.25, 0.3) is 0 Å². The Hall–Kier alpha value is -0.730. The average molecular weight is 211 g/mol. The minimum atomic E-state index is 0.749. The molecule has 1 heterocycles. The summed E-state index contributed by atoms with van der Waals surface area (Å²) in [6, 6.07) is 3.89. The van der Waals surface area contributed by atoms with Crippen LogP contribution in [0.3, 0.4) is 0 Å². The lowest BCUT2D eigenvalue weighted by Gasteiger charge is -2.28. The second kappa shape index (κ2) is 3.79. The molecule has 1 aromatic rings. The van der Waals surface area contributed by atoms with E-state index in [2.05, 4.69) is 11.8 Å². The monoisotopic (exact) mass is 210 g/mol. The molecule has 0 aliphatic carbocycles. The summed E-state index contributed by atoms with van der Waals surface area (Å²) in [6.45, 7) is 5.36. The Balaban J connectivity index is 2.37. The summed E-state index contributed by atoms with van der Waals surface area (Å²) in [4.78, 5) is 2.40. The maximum absolute atomic E-state index is 5.97. The van der Waals surface area contributed by atoms with E-state index in [0.717, 1.165) is 36.8 Å². The van der Waals surface area contributed by atoms with E-state index in [0.29, 0.717) is 0 Å². The van der Waals surface area contributed by atoms with E-state index in [1.165, 1.54) is 11.1 Å². The number of benzene rings is 1. The van der Waals surface area contributed by atoms with E-state index in [9.17, 15) is 0 Å². The van der Waals surface area contributed by atoms with Gasteiger partial charge < -0.3 is 5.73 Å². The van der Waals surface area contributed by atoms with E-state index in [-0.39, 0.29) is 0 Å². The molecule has 0 atom stereocenters. The van der Waals surface area contributed by atoms with Crippen LogP contribution in [0, 0.1) is 0 Å². The lowest BCUT2D eigenvalue weighted by Crippen LogP contribution is -2.30. The molecule has 2 nitrogen and oxygen atoms in total. The normalized spacial score (nSPS) is 16.7. The fraction of sp³-hybridized carbons (Fsp3) is 0.455. The van der Waals surface area contributed by atoms with Crippen LogP contribution in [0.4, 0.5) is 5.69 Å². The molecule has 0 aromatic heterocycles. The molecular formula is C11H15ClN2. The maximum atomic E-state index is 5.97. The number of nitrogens with two attached hydrogens (primary N) is 1. The Morgan fingerprint density at radius 3 is 3.00 bits per heavy atom. The van der Waals surface area contributed by atoms with Crippen LogP contribution >= 0.6 is 11.6 Å². The van der Waals surface area contributed by atoms with Crippen LogP contribution in [0.15, 0.2) is 12.1 Å². The summed E-state index contributed by atoms with van der Waals surface area (Å²) in [5.41, 5.74) is 9.36. The number of fused-ring (bicyclic) bond motifs is 1. The van der Waals surface area contributed by atoms with Gasteiger partial charge in [0.05, 0.1) is 0 Å². The molecule has 14 heavy (non-hydrogen) atoms. The second-order valence-corrected chi connectivity index (χ2v) is 4.19. The van der Waals surface area contributed by atoms with Crippen LogP contribution in [0.1, 0.15) is 18.1 Å². The molecule has 76 valence electrons. The molecule has 0 amide bonds. The van der Waals surface area contributed by atoms with Crippen molar-refractivity contribution in [2.24, 2.45) is 0 Å². The summed E-state index contributed by atoms with van der Waals surface area (Å²) in [5, 5.41) is 0.749. The van der Waals surface area contributed by atoms with Gasteiger partial charge >= 0.3 is 0 Å². The molecule has 0 fully saturated rings. The zero-order valence-corrected chi connectivity index (χ0v) is 9.14. The molecule has 0 bridgehead atoms. The minimum absolute atomic E-state index is 0.749. The van der Waals surface area contributed by atoms with E-state index in [4.69, 9.17) is 17.3 Å². The smallest absolute Gasteiger partial charge is 0.0429 e. The van der Waals surface area contributed by atoms with Crippen molar-refractivity contribution in [1.29, 1.82) is 0 Å². The van der Waals surface area contributed by atoms with E-state index >= 15 is 0 Å². The summed E-state index contributed by atoms with van der Waals surface area (Å²) in [6.07, 6.45) is 1.05. The quantitative estimate of drug-likeness (QED) is 0.721. The van der Waals surface area contributed by atoms with Gasteiger partial charge in [-0.15, -0.1) is 0 Å². The van der Waals surface area contributed by atoms with Gasteiger partial charge in [-0.3, -0.25) is 4.90 Å².